The first-order valence-corrected chi connectivity index (χ1v) is 13.9. The maximum Gasteiger partial charge on any atom is 0.222 e. The average Bonchev–Trinajstić information content (AvgIpc) is 3.15. The monoisotopic (exact) mass is 463 g/mol. The second-order valence-electron chi connectivity index (χ2n) is 12.7. The fourth-order valence-electron chi connectivity index (χ4n) is 9.52. The molecule has 0 saturated heterocycles. The van der Waals surface area contributed by atoms with Gasteiger partial charge in [-0.05, 0) is 111 Å². The molecule has 0 aromatic rings. The van der Waals surface area contributed by atoms with Crippen LogP contribution in [0, 0.1) is 46.3 Å². The SMILES string of the molecule is CC(CCC(=O)N(CCO)CCO)C1CC[C@H]2C3CC[C@@H]4C[C@H](O)CC[C@]4(C)[C@H]3CC[C@]12C. The van der Waals surface area contributed by atoms with E-state index in [1.54, 1.807) is 4.90 Å². The van der Waals surface area contributed by atoms with Crippen molar-refractivity contribution in [2.75, 3.05) is 26.3 Å². The number of nitrogens with zero attached hydrogens (tertiary/aromatic N) is 1. The standard InChI is InChI=1S/C28H49NO4/c1-19(4-9-26(33)29(14-16-30)15-17-31)23-7-8-24-22-6-5-20-18-21(32)10-12-27(20,2)25(22)11-13-28(23,24)3/h19-25,30-32H,4-18H2,1-3H3/t19?,20-,21-,22?,23?,24+,25+,27+,28-/m1/s1. The third-order valence-corrected chi connectivity index (χ3v) is 11.3. The van der Waals surface area contributed by atoms with E-state index in [2.05, 4.69) is 20.8 Å². The average molecular weight is 464 g/mol. The summed E-state index contributed by atoms with van der Waals surface area (Å²) in [5.41, 5.74) is 0.833. The molecule has 0 heterocycles. The number of carbonyl (C=O) groups excluding carboxylic acids is 1. The summed E-state index contributed by atoms with van der Waals surface area (Å²) < 4.78 is 0. The summed E-state index contributed by atoms with van der Waals surface area (Å²) in [7, 11) is 0. The molecule has 4 saturated carbocycles. The molecule has 4 rings (SSSR count). The van der Waals surface area contributed by atoms with Crippen molar-refractivity contribution in [3.8, 4) is 0 Å². The molecule has 9 atom stereocenters. The highest BCUT2D eigenvalue weighted by Gasteiger charge is 2.60. The van der Waals surface area contributed by atoms with Crippen LogP contribution in [0.5, 0.6) is 0 Å². The summed E-state index contributed by atoms with van der Waals surface area (Å²) in [6.07, 6.45) is 12.6. The van der Waals surface area contributed by atoms with Crippen molar-refractivity contribution in [2.45, 2.75) is 97.5 Å². The Hall–Kier alpha value is -0.650. The molecule has 3 N–H and O–H groups in total. The largest absolute Gasteiger partial charge is 0.395 e. The third kappa shape index (κ3) is 4.63. The maximum atomic E-state index is 12.7. The Morgan fingerprint density at radius 3 is 2.30 bits per heavy atom. The molecular formula is C28H49NO4. The van der Waals surface area contributed by atoms with Gasteiger partial charge in [0.2, 0.25) is 5.91 Å². The van der Waals surface area contributed by atoms with Crippen LogP contribution in [-0.2, 0) is 4.79 Å². The first kappa shape index (κ1) is 25.4. The Morgan fingerprint density at radius 2 is 1.61 bits per heavy atom. The van der Waals surface area contributed by atoms with Crippen molar-refractivity contribution >= 4 is 5.91 Å². The summed E-state index contributed by atoms with van der Waals surface area (Å²) in [5.74, 6) is 4.52. The lowest BCUT2D eigenvalue weighted by Crippen LogP contribution is -2.54. The first-order chi connectivity index (χ1) is 15.7. The fourth-order valence-corrected chi connectivity index (χ4v) is 9.52. The van der Waals surface area contributed by atoms with E-state index in [1.807, 2.05) is 0 Å². The van der Waals surface area contributed by atoms with Gasteiger partial charge in [0.15, 0.2) is 0 Å². The molecule has 3 unspecified atom stereocenters. The predicted octanol–water partition coefficient (Wildman–Crippen LogP) is 4.24. The lowest BCUT2D eigenvalue weighted by atomic mass is 9.44. The van der Waals surface area contributed by atoms with Crippen LogP contribution in [0.15, 0.2) is 0 Å². The Bertz CT molecular complexity index is 679. The van der Waals surface area contributed by atoms with E-state index in [9.17, 15) is 20.1 Å². The molecule has 4 aliphatic rings. The number of fused-ring (bicyclic) bond motifs is 5. The van der Waals surface area contributed by atoms with E-state index in [1.165, 1.54) is 44.9 Å². The van der Waals surface area contributed by atoms with E-state index in [0.29, 0.717) is 42.2 Å². The zero-order chi connectivity index (χ0) is 23.8. The predicted molar refractivity (Wildman–Crippen MR) is 130 cm³/mol. The summed E-state index contributed by atoms with van der Waals surface area (Å²) in [6.45, 7) is 8.03. The van der Waals surface area contributed by atoms with Gasteiger partial charge in [0.25, 0.3) is 0 Å². The first-order valence-electron chi connectivity index (χ1n) is 13.9. The Morgan fingerprint density at radius 1 is 0.939 bits per heavy atom. The fraction of sp³-hybridized carbons (Fsp3) is 0.964. The van der Waals surface area contributed by atoms with Crippen LogP contribution in [-0.4, -0.2) is 58.5 Å². The highest BCUT2D eigenvalue weighted by Crippen LogP contribution is 2.68. The van der Waals surface area contributed by atoms with Gasteiger partial charge >= 0.3 is 0 Å². The van der Waals surface area contributed by atoms with Gasteiger partial charge in [-0.1, -0.05) is 20.8 Å². The van der Waals surface area contributed by atoms with Crippen LogP contribution in [0.4, 0.5) is 0 Å². The molecular weight excluding hydrogens is 414 g/mol. The Labute approximate surface area is 201 Å². The van der Waals surface area contributed by atoms with Crippen molar-refractivity contribution in [1.29, 1.82) is 0 Å². The zero-order valence-electron chi connectivity index (χ0n) is 21.3. The minimum atomic E-state index is -0.0708. The number of hydrogen-bond acceptors (Lipinski definition) is 4. The smallest absolute Gasteiger partial charge is 0.222 e. The molecule has 5 nitrogen and oxygen atoms in total. The number of hydrogen-bond donors (Lipinski definition) is 3. The van der Waals surface area contributed by atoms with Gasteiger partial charge in [-0.25, -0.2) is 0 Å². The summed E-state index contributed by atoms with van der Waals surface area (Å²) in [6, 6.07) is 0. The van der Waals surface area contributed by atoms with E-state index in [4.69, 9.17) is 0 Å². The van der Waals surface area contributed by atoms with E-state index < -0.39 is 0 Å². The molecule has 0 radical (unpaired) electrons. The van der Waals surface area contributed by atoms with Gasteiger partial charge in [0, 0.05) is 19.5 Å². The molecule has 0 spiro atoms. The molecule has 0 aromatic heterocycles. The summed E-state index contributed by atoms with van der Waals surface area (Å²) in [5, 5.41) is 28.7. The maximum absolute atomic E-state index is 12.7. The van der Waals surface area contributed by atoms with E-state index in [-0.39, 0.29) is 25.2 Å². The molecule has 0 aliphatic heterocycles. The minimum Gasteiger partial charge on any atom is -0.395 e. The topological polar surface area (TPSA) is 81.0 Å². The summed E-state index contributed by atoms with van der Waals surface area (Å²) in [4.78, 5) is 14.3. The molecule has 0 bridgehead atoms. The van der Waals surface area contributed by atoms with Gasteiger partial charge in [-0.2, -0.15) is 0 Å². The lowest BCUT2D eigenvalue weighted by molar-refractivity contribution is -0.134. The summed E-state index contributed by atoms with van der Waals surface area (Å²) >= 11 is 0. The van der Waals surface area contributed by atoms with Crippen molar-refractivity contribution in [1.82, 2.24) is 4.90 Å². The van der Waals surface area contributed by atoms with Crippen LogP contribution in [0.25, 0.3) is 0 Å². The van der Waals surface area contributed by atoms with Crippen LogP contribution in [0.2, 0.25) is 0 Å². The van der Waals surface area contributed by atoms with Gasteiger partial charge < -0.3 is 20.2 Å². The van der Waals surface area contributed by atoms with Gasteiger partial charge in [0.1, 0.15) is 0 Å². The van der Waals surface area contributed by atoms with Crippen molar-refractivity contribution in [3.63, 3.8) is 0 Å². The lowest BCUT2D eigenvalue weighted by Gasteiger charge is -2.61. The minimum absolute atomic E-state index is 0.0506. The second-order valence-corrected chi connectivity index (χ2v) is 12.7. The molecule has 1 amide bonds. The van der Waals surface area contributed by atoms with Gasteiger partial charge in [-0.3, -0.25) is 4.79 Å². The van der Waals surface area contributed by atoms with Crippen molar-refractivity contribution in [3.05, 3.63) is 0 Å². The van der Waals surface area contributed by atoms with Crippen LogP contribution in [0.3, 0.4) is 0 Å². The van der Waals surface area contributed by atoms with Crippen LogP contribution < -0.4 is 0 Å². The normalized spacial score (nSPS) is 43.3. The quantitative estimate of drug-likeness (QED) is 0.503. The van der Waals surface area contributed by atoms with Gasteiger partial charge in [0.05, 0.1) is 19.3 Å². The van der Waals surface area contributed by atoms with E-state index in [0.717, 1.165) is 42.9 Å². The molecule has 4 aliphatic carbocycles. The molecule has 33 heavy (non-hydrogen) atoms. The van der Waals surface area contributed by atoms with Crippen LogP contribution in [0.1, 0.15) is 91.4 Å². The van der Waals surface area contributed by atoms with Gasteiger partial charge in [-0.15, -0.1) is 0 Å². The molecule has 4 fully saturated rings. The number of aliphatic hydroxyl groups excluding tert-OH is 3. The number of carbonyl (C=O) groups is 1. The Kier molecular flexibility index (Phi) is 7.82. The van der Waals surface area contributed by atoms with Crippen molar-refractivity contribution < 1.29 is 20.1 Å². The zero-order valence-corrected chi connectivity index (χ0v) is 21.3. The van der Waals surface area contributed by atoms with Crippen LogP contribution >= 0.6 is 0 Å². The van der Waals surface area contributed by atoms with E-state index >= 15 is 0 Å². The molecule has 190 valence electrons. The molecule has 0 aromatic carbocycles. The molecule has 5 heteroatoms. The second kappa shape index (κ2) is 10.1. The highest BCUT2D eigenvalue weighted by atomic mass is 16.3. The third-order valence-electron chi connectivity index (χ3n) is 11.3. The Balaban J connectivity index is 1.40. The number of aliphatic hydroxyl groups is 3. The number of amides is 1. The van der Waals surface area contributed by atoms with Crippen molar-refractivity contribution in [2.24, 2.45) is 46.3 Å². The number of rotatable bonds is 8. The highest BCUT2D eigenvalue weighted by molar-refractivity contribution is 5.76.